The van der Waals surface area contributed by atoms with Crippen LogP contribution in [0, 0.1) is 6.92 Å². The lowest BCUT2D eigenvalue weighted by Gasteiger charge is -2.09. The van der Waals surface area contributed by atoms with Gasteiger partial charge >= 0.3 is 6.03 Å². The van der Waals surface area contributed by atoms with Gasteiger partial charge in [-0.3, -0.25) is 9.78 Å². The molecule has 0 unspecified atom stereocenters. The number of carbonyl (C=O) groups is 2. The molecule has 3 N–H and O–H groups in total. The molecule has 0 spiro atoms. The molecule has 0 saturated heterocycles. The molecule has 1 heterocycles. The quantitative estimate of drug-likeness (QED) is 0.453. The van der Waals surface area contributed by atoms with E-state index in [0.717, 1.165) is 36.9 Å². The van der Waals surface area contributed by atoms with E-state index in [-0.39, 0.29) is 16.5 Å². The highest BCUT2D eigenvalue weighted by molar-refractivity contribution is 7.90. The third-order valence-electron chi connectivity index (χ3n) is 4.49. The summed E-state index contributed by atoms with van der Waals surface area (Å²) in [5.41, 5.74) is 1.81. The number of carbonyl (C=O) groups excluding carboxylic acids is 2. The average molecular weight is 448 g/mol. The Morgan fingerprint density at radius 2 is 1.68 bits per heavy atom. The molecule has 0 saturated carbocycles. The number of nitrogens with zero attached hydrogens (tertiary/aromatic N) is 2. The van der Waals surface area contributed by atoms with Crippen molar-refractivity contribution in [3.05, 3.63) is 53.6 Å². The maximum absolute atomic E-state index is 12.3. The topological polar surface area (TPSA) is 130 Å². The molecule has 2 aromatic rings. The Balaban J connectivity index is 1.79. The summed E-state index contributed by atoms with van der Waals surface area (Å²) in [6.07, 6.45) is 7.42. The molecule has 9 nitrogen and oxygen atoms in total. The minimum atomic E-state index is -3.94. The third kappa shape index (κ3) is 8.33. The van der Waals surface area contributed by atoms with Crippen LogP contribution < -0.4 is 15.4 Å². The summed E-state index contributed by atoms with van der Waals surface area (Å²) in [6.45, 7) is 4.67. The fourth-order valence-electron chi connectivity index (χ4n) is 2.73. The number of unbranched alkanes of at least 4 members (excludes halogenated alkanes) is 3. The number of hydrogen-bond donors (Lipinski definition) is 3. The number of amides is 3. The normalized spacial score (nSPS) is 11.0. The Bertz CT molecular complexity index is 960. The van der Waals surface area contributed by atoms with E-state index in [1.807, 2.05) is 4.72 Å². The number of nitrogens with one attached hydrogen (secondary N) is 3. The Hall–Kier alpha value is -3.01. The van der Waals surface area contributed by atoms with Crippen LogP contribution in [0.4, 0.5) is 4.79 Å². The lowest BCUT2D eigenvalue weighted by atomic mass is 10.1. The number of aromatic nitrogens is 2. The first-order valence-corrected chi connectivity index (χ1v) is 11.8. The van der Waals surface area contributed by atoms with E-state index in [2.05, 4.69) is 27.5 Å². The van der Waals surface area contributed by atoms with Gasteiger partial charge in [0.2, 0.25) is 0 Å². The molecule has 10 heteroatoms. The van der Waals surface area contributed by atoms with Crippen LogP contribution in [0.1, 0.15) is 54.4 Å². The number of rotatable bonds is 11. The largest absolute Gasteiger partial charge is 0.350 e. The predicted octanol–water partition coefficient (Wildman–Crippen LogP) is 2.33. The van der Waals surface area contributed by atoms with Crippen molar-refractivity contribution < 1.29 is 18.0 Å². The summed E-state index contributed by atoms with van der Waals surface area (Å²) >= 11 is 0. The van der Waals surface area contributed by atoms with Gasteiger partial charge in [-0.2, -0.15) is 0 Å². The van der Waals surface area contributed by atoms with Gasteiger partial charge in [-0.25, -0.2) is 22.9 Å². The van der Waals surface area contributed by atoms with Crippen molar-refractivity contribution in [2.75, 3.05) is 13.1 Å². The predicted molar refractivity (Wildman–Crippen MR) is 117 cm³/mol. The Morgan fingerprint density at radius 3 is 2.32 bits per heavy atom. The number of sulfonamides is 1. The first kappa shape index (κ1) is 24.3. The van der Waals surface area contributed by atoms with Gasteiger partial charge in [-0.1, -0.05) is 38.3 Å². The van der Waals surface area contributed by atoms with E-state index in [1.54, 1.807) is 19.1 Å². The molecule has 168 valence electrons. The van der Waals surface area contributed by atoms with Crippen LogP contribution in [-0.2, 0) is 16.4 Å². The van der Waals surface area contributed by atoms with Gasteiger partial charge in [0.05, 0.1) is 16.8 Å². The van der Waals surface area contributed by atoms with Gasteiger partial charge in [0.25, 0.3) is 15.9 Å². The Morgan fingerprint density at radius 1 is 0.935 bits per heavy atom. The van der Waals surface area contributed by atoms with Gasteiger partial charge in [0, 0.05) is 19.3 Å². The van der Waals surface area contributed by atoms with Crippen LogP contribution in [0.2, 0.25) is 0 Å². The molecule has 0 fully saturated rings. The second-order valence-corrected chi connectivity index (χ2v) is 8.80. The monoisotopic (exact) mass is 447 g/mol. The van der Waals surface area contributed by atoms with Crippen LogP contribution in [0.25, 0.3) is 0 Å². The van der Waals surface area contributed by atoms with Gasteiger partial charge < -0.3 is 10.6 Å². The number of aryl methyl sites for hydroxylation is 1. The third-order valence-corrected chi connectivity index (χ3v) is 5.84. The van der Waals surface area contributed by atoms with Crippen molar-refractivity contribution in [3.8, 4) is 0 Å². The fourth-order valence-corrected chi connectivity index (χ4v) is 3.66. The molecule has 1 aromatic heterocycles. The number of benzene rings is 1. The van der Waals surface area contributed by atoms with Crippen LogP contribution in [0.5, 0.6) is 0 Å². The fraction of sp³-hybridized carbons (Fsp3) is 0.429. The summed E-state index contributed by atoms with van der Waals surface area (Å²) in [7, 11) is -3.94. The average Bonchev–Trinajstić information content (AvgIpc) is 2.74. The smallest absolute Gasteiger partial charge is 0.328 e. The first-order chi connectivity index (χ1) is 14.8. The maximum Gasteiger partial charge on any atom is 0.328 e. The second-order valence-electron chi connectivity index (χ2n) is 7.11. The van der Waals surface area contributed by atoms with E-state index in [4.69, 9.17) is 0 Å². The van der Waals surface area contributed by atoms with Gasteiger partial charge in [0.1, 0.15) is 5.69 Å². The van der Waals surface area contributed by atoms with Gasteiger partial charge in [0.15, 0.2) is 0 Å². The SMILES string of the molecule is CCCCCCNC(=O)NS(=O)(=O)c1ccc(CCNC(=O)c2cnc(C)cn2)cc1. The molecule has 0 aliphatic carbocycles. The summed E-state index contributed by atoms with van der Waals surface area (Å²) in [6, 6.07) is 5.42. The van der Waals surface area contributed by atoms with Crippen molar-refractivity contribution in [3.63, 3.8) is 0 Å². The zero-order valence-corrected chi connectivity index (χ0v) is 18.7. The molecular weight excluding hydrogens is 418 g/mol. The van der Waals surface area contributed by atoms with Crippen LogP contribution >= 0.6 is 0 Å². The van der Waals surface area contributed by atoms with Gasteiger partial charge in [-0.15, -0.1) is 0 Å². The Kier molecular flexibility index (Phi) is 9.39. The van der Waals surface area contributed by atoms with Crippen molar-refractivity contribution in [1.29, 1.82) is 0 Å². The lowest BCUT2D eigenvalue weighted by molar-refractivity contribution is 0.0948. The van der Waals surface area contributed by atoms with Crippen LogP contribution in [0.15, 0.2) is 41.6 Å². The van der Waals surface area contributed by atoms with E-state index in [0.29, 0.717) is 19.5 Å². The van der Waals surface area contributed by atoms with Crippen molar-refractivity contribution in [1.82, 2.24) is 25.3 Å². The Labute approximate surface area is 183 Å². The molecule has 0 aliphatic heterocycles. The molecule has 31 heavy (non-hydrogen) atoms. The standard InChI is InChI=1S/C21H29N5O4S/c1-3-4-5-6-12-23-21(28)26-31(29,30)18-9-7-17(8-10-18)11-13-22-20(27)19-15-24-16(2)14-25-19/h7-10,14-15H,3-6,11-13H2,1-2H3,(H,22,27)(H2,23,26,28). The van der Waals surface area contributed by atoms with Crippen LogP contribution in [0.3, 0.4) is 0 Å². The molecule has 0 atom stereocenters. The summed E-state index contributed by atoms with van der Waals surface area (Å²) in [4.78, 5) is 31.9. The second kappa shape index (κ2) is 12.0. The van der Waals surface area contributed by atoms with Crippen LogP contribution in [-0.4, -0.2) is 43.4 Å². The van der Waals surface area contributed by atoms with E-state index in [1.165, 1.54) is 24.5 Å². The highest BCUT2D eigenvalue weighted by atomic mass is 32.2. The minimum Gasteiger partial charge on any atom is -0.350 e. The first-order valence-electron chi connectivity index (χ1n) is 10.3. The molecule has 2 rings (SSSR count). The summed E-state index contributed by atoms with van der Waals surface area (Å²) < 4.78 is 26.7. The molecular formula is C21H29N5O4S. The maximum atomic E-state index is 12.3. The van der Waals surface area contributed by atoms with Crippen molar-refractivity contribution >= 4 is 22.0 Å². The molecule has 0 aliphatic rings. The van der Waals surface area contributed by atoms with Gasteiger partial charge in [-0.05, 0) is 37.5 Å². The molecule has 0 bridgehead atoms. The number of hydrogen-bond acceptors (Lipinski definition) is 6. The summed E-state index contributed by atoms with van der Waals surface area (Å²) in [5.74, 6) is -0.323. The zero-order valence-electron chi connectivity index (χ0n) is 17.8. The lowest BCUT2D eigenvalue weighted by Crippen LogP contribution is -2.39. The number of urea groups is 1. The highest BCUT2D eigenvalue weighted by Crippen LogP contribution is 2.11. The van der Waals surface area contributed by atoms with E-state index in [9.17, 15) is 18.0 Å². The van der Waals surface area contributed by atoms with E-state index >= 15 is 0 Å². The molecule has 1 aromatic carbocycles. The van der Waals surface area contributed by atoms with Crippen molar-refractivity contribution in [2.45, 2.75) is 50.8 Å². The molecule has 3 amide bonds. The van der Waals surface area contributed by atoms with E-state index < -0.39 is 16.1 Å². The highest BCUT2D eigenvalue weighted by Gasteiger charge is 2.17. The minimum absolute atomic E-state index is 0.00338. The van der Waals surface area contributed by atoms with Crippen molar-refractivity contribution in [2.24, 2.45) is 0 Å². The molecule has 0 radical (unpaired) electrons. The summed E-state index contributed by atoms with van der Waals surface area (Å²) in [5, 5.41) is 5.30. The zero-order chi connectivity index (χ0) is 22.7.